The van der Waals surface area contributed by atoms with E-state index in [1.54, 1.807) is 20.8 Å². The van der Waals surface area contributed by atoms with Gasteiger partial charge in [0, 0.05) is 60.0 Å². The monoisotopic (exact) mass is 511 g/mol. The minimum atomic E-state index is 0.159. The Labute approximate surface area is 225 Å². The molecule has 0 spiro atoms. The minimum Gasteiger partial charge on any atom is -0.338 e. The van der Waals surface area contributed by atoms with E-state index in [1.807, 2.05) is 39.0 Å². The summed E-state index contributed by atoms with van der Waals surface area (Å²) in [7, 11) is 0. The summed E-state index contributed by atoms with van der Waals surface area (Å²) >= 11 is 0. The van der Waals surface area contributed by atoms with Crippen molar-refractivity contribution in [1.29, 1.82) is 0 Å². The van der Waals surface area contributed by atoms with Crippen LogP contribution in [0.3, 0.4) is 0 Å². The molecule has 0 radical (unpaired) electrons. The standard InChI is InChI=1S/2C11H13NO.C10H11NO/c2*1-9(13)12-7-6-10-4-2-3-5-11(10)8-12;1-8(12)11-6-9-4-2-3-5-10(9)7-11/h2*2-5H,6-8H2,1H3;2-5H,6-7H2,1H3. The number of nitrogens with zero attached hydrogens (tertiary/aromatic N) is 3. The van der Waals surface area contributed by atoms with Crippen LogP contribution in [0.5, 0.6) is 0 Å². The van der Waals surface area contributed by atoms with E-state index in [0.717, 1.165) is 52.1 Å². The third-order valence-electron chi connectivity index (χ3n) is 7.44. The maximum Gasteiger partial charge on any atom is 0.220 e. The van der Waals surface area contributed by atoms with Gasteiger partial charge in [0.05, 0.1) is 0 Å². The van der Waals surface area contributed by atoms with Crippen molar-refractivity contribution in [2.45, 2.75) is 59.8 Å². The van der Waals surface area contributed by atoms with Crippen LogP contribution in [0.4, 0.5) is 0 Å². The van der Waals surface area contributed by atoms with E-state index in [9.17, 15) is 14.4 Å². The fourth-order valence-electron chi connectivity index (χ4n) is 5.08. The van der Waals surface area contributed by atoms with Gasteiger partial charge in [-0.3, -0.25) is 14.4 Å². The molecule has 3 aromatic carbocycles. The van der Waals surface area contributed by atoms with E-state index in [4.69, 9.17) is 0 Å². The van der Waals surface area contributed by atoms with Crippen molar-refractivity contribution in [2.24, 2.45) is 0 Å². The summed E-state index contributed by atoms with van der Waals surface area (Å²) in [5.41, 5.74) is 7.94. The molecule has 3 aliphatic heterocycles. The Balaban J connectivity index is 0.000000133. The number of rotatable bonds is 0. The van der Waals surface area contributed by atoms with Crippen molar-refractivity contribution in [2.75, 3.05) is 13.1 Å². The molecule has 3 aliphatic rings. The summed E-state index contributed by atoms with van der Waals surface area (Å²) in [4.78, 5) is 38.9. The van der Waals surface area contributed by atoms with Gasteiger partial charge in [0.15, 0.2) is 0 Å². The first-order valence-electron chi connectivity index (χ1n) is 13.3. The van der Waals surface area contributed by atoms with Crippen LogP contribution >= 0.6 is 0 Å². The summed E-state index contributed by atoms with van der Waals surface area (Å²) in [5.74, 6) is 0.509. The first-order valence-corrected chi connectivity index (χ1v) is 13.3. The average Bonchev–Trinajstić information content (AvgIpc) is 3.38. The van der Waals surface area contributed by atoms with Gasteiger partial charge in [-0.1, -0.05) is 72.8 Å². The van der Waals surface area contributed by atoms with Crippen molar-refractivity contribution < 1.29 is 14.4 Å². The number of carbonyl (C=O) groups is 3. The Morgan fingerprint density at radius 3 is 1.03 bits per heavy atom. The van der Waals surface area contributed by atoms with Gasteiger partial charge >= 0.3 is 0 Å². The lowest BCUT2D eigenvalue weighted by molar-refractivity contribution is -0.130. The molecule has 3 aromatic rings. The SMILES string of the molecule is CC(=O)N1CCc2ccccc2C1.CC(=O)N1CCc2ccccc2C1.CC(=O)N1Cc2ccccc2C1. The topological polar surface area (TPSA) is 60.9 Å². The van der Waals surface area contributed by atoms with Gasteiger partial charge in [-0.15, -0.1) is 0 Å². The van der Waals surface area contributed by atoms with E-state index < -0.39 is 0 Å². The third kappa shape index (κ3) is 6.88. The predicted octanol–water partition coefficient (Wildman–Crippen LogP) is 4.73. The van der Waals surface area contributed by atoms with Crippen LogP contribution in [0.15, 0.2) is 72.8 Å². The van der Waals surface area contributed by atoms with Crippen LogP contribution in [0.25, 0.3) is 0 Å². The number of hydrogen-bond donors (Lipinski definition) is 0. The smallest absolute Gasteiger partial charge is 0.220 e. The Hall–Kier alpha value is -3.93. The summed E-state index contributed by atoms with van der Waals surface area (Å²) < 4.78 is 0. The molecule has 0 aliphatic carbocycles. The fourth-order valence-corrected chi connectivity index (χ4v) is 5.08. The highest BCUT2D eigenvalue weighted by Gasteiger charge is 2.20. The number of carbonyl (C=O) groups excluding carboxylic acids is 3. The zero-order chi connectivity index (χ0) is 27.1. The molecule has 0 saturated carbocycles. The van der Waals surface area contributed by atoms with E-state index >= 15 is 0 Å². The minimum absolute atomic E-state index is 0.159. The quantitative estimate of drug-likeness (QED) is 0.438. The molecule has 6 nitrogen and oxygen atoms in total. The molecule has 0 unspecified atom stereocenters. The van der Waals surface area contributed by atoms with Gasteiger partial charge in [0.2, 0.25) is 17.7 Å². The van der Waals surface area contributed by atoms with Crippen LogP contribution < -0.4 is 0 Å². The van der Waals surface area contributed by atoms with Crippen LogP contribution in [0.1, 0.15) is 54.2 Å². The summed E-state index contributed by atoms with van der Waals surface area (Å²) in [6, 6.07) is 24.9. The number of amides is 3. The molecular weight excluding hydrogens is 474 g/mol. The Bertz CT molecular complexity index is 1210. The maximum absolute atomic E-state index is 11.1. The highest BCUT2D eigenvalue weighted by molar-refractivity contribution is 5.74. The highest BCUT2D eigenvalue weighted by Crippen LogP contribution is 2.22. The fraction of sp³-hybridized carbons (Fsp3) is 0.344. The second-order valence-electron chi connectivity index (χ2n) is 10.1. The molecule has 6 heteroatoms. The van der Waals surface area contributed by atoms with Crippen molar-refractivity contribution in [3.63, 3.8) is 0 Å². The van der Waals surface area contributed by atoms with Crippen molar-refractivity contribution in [3.8, 4) is 0 Å². The van der Waals surface area contributed by atoms with Gasteiger partial charge in [-0.05, 0) is 46.2 Å². The maximum atomic E-state index is 11.1. The first-order chi connectivity index (χ1) is 18.3. The Morgan fingerprint density at radius 2 is 0.711 bits per heavy atom. The molecule has 0 N–H and O–H groups in total. The normalized spacial score (nSPS) is 15.1. The number of hydrogen-bond acceptors (Lipinski definition) is 3. The highest BCUT2D eigenvalue weighted by atomic mass is 16.2. The molecule has 3 amide bonds. The van der Waals surface area contributed by atoms with Crippen molar-refractivity contribution in [3.05, 3.63) is 106 Å². The van der Waals surface area contributed by atoms with Gasteiger partial charge < -0.3 is 14.7 Å². The van der Waals surface area contributed by atoms with Gasteiger partial charge in [0.25, 0.3) is 0 Å². The van der Waals surface area contributed by atoms with Gasteiger partial charge in [0.1, 0.15) is 0 Å². The third-order valence-corrected chi connectivity index (χ3v) is 7.44. The summed E-state index contributed by atoms with van der Waals surface area (Å²) in [5, 5.41) is 0. The van der Waals surface area contributed by atoms with E-state index in [0.29, 0.717) is 0 Å². The lowest BCUT2D eigenvalue weighted by atomic mass is 10.00. The molecular formula is C32H37N3O3. The second kappa shape index (κ2) is 12.5. The molecule has 38 heavy (non-hydrogen) atoms. The molecule has 0 fully saturated rings. The van der Waals surface area contributed by atoms with E-state index in [2.05, 4.69) is 48.5 Å². The van der Waals surface area contributed by atoms with Crippen LogP contribution in [-0.4, -0.2) is 45.5 Å². The van der Waals surface area contributed by atoms with Gasteiger partial charge in [-0.25, -0.2) is 0 Å². The van der Waals surface area contributed by atoms with E-state index in [-0.39, 0.29) is 17.7 Å². The lowest BCUT2D eigenvalue weighted by Crippen LogP contribution is -2.34. The van der Waals surface area contributed by atoms with Gasteiger partial charge in [-0.2, -0.15) is 0 Å². The average molecular weight is 512 g/mol. The number of benzene rings is 3. The Kier molecular flexibility index (Phi) is 8.95. The van der Waals surface area contributed by atoms with E-state index in [1.165, 1.54) is 33.4 Å². The Morgan fingerprint density at radius 1 is 0.447 bits per heavy atom. The molecule has 0 bridgehead atoms. The molecule has 3 heterocycles. The van der Waals surface area contributed by atoms with Crippen LogP contribution in [0.2, 0.25) is 0 Å². The van der Waals surface area contributed by atoms with Crippen LogP contribution in [0, 0.1) is 0 Å². The molecule has 6 rings (SSSR count). The van der Waals surface area contributed by atoms with Crippen molar-refractivity contribution in [1.82, 2.24) is 14.7 Å². The molecule has 198 valence electrons. The summed E-state index contributed by atoms with van der Waals surface area (Å²) in [6.07, 6.45) is 1.99. The molecule has 0 aromatic heterocycles. The lowest BCUT2D eigenvalue weighted by Gasteiger charge is -2.27. The zero-order valence-electron chi connectivity index (χ0n) is 22.7. The second-order valence-corrected chi connectivity index (χ2v) is 10.1. The predicted molar refractivity (Wildman–Crippen MR) is 149 cm³/mol. The molecule has 0 atom stereocenters. The molecule has 0 saturated heterocycles. The number of fused-ring (bicyclic) bond motifs is 3. The largest absolute Gasteiger partial charge is 0.338 e. The first kappa shape index (κ1) is 27.1. The van der Waals surface area contributed by atoms with Crippen LogP contribution in [-0.2, 0) is 53.4 Å². The summed E-state index contributed by atoms with van der Waals surface area (Å²) in [6.45, 7) is 9.75. The van der Waals surface area contributed by atoms with Crippen molar-refractivity contribution >= 4 is 17.7 Å². The zero-order valence-corrected chi connectivity index (χ0v) is 22.7.